The van der Waals surface area contributed by atoms with E-state index in [-0.39, 0.29) is 27.8 Å². The van der Waals surface area contributed by atoms with Gasteiger partial charge in [-0.3, -0.25) is 0 Å². The van der Waals surface area contributed by atoms with Gasteiger partial charge in [0, 0.05) is 16.1 Å². The van der Waals surface area contributed by atoms with Gasteiger partial charge in [-0.15, -0.1) is 5.10 Å². The van der Waals surface area contributed by atoms with Crippen molar-refractivity contribution in [1.82, 2.24) is 9.78 Å². The molecular formula is C32H25ClF3N2O10P. The first kappa shape index (κ1) is 35.7. The van der Waals surface area contributed by atoms with Crippen molar-refractivity contribution in [2.24, 2.45) is 0 Å². The number of hydrogen-bond acceptors (Lipinski definition) is 9. The molecule has 0 spiro atoms. The Morgan fingerprint density at radius 1 is 0.878 bits per heavy atom. The predicted molar refractivity (Wildman–Crippen MR) is 166 cm³/mol. The summed E-state index contributed by atoms with van der Waals surface area (Å²) in [5.41, 5.74) is 0.179. The molecule has 4 aromatic carbocycles. The highest BCUT2D eigenvalue weighted by Crippen LogP contribution is 2.44. The van der Waals surface area contributed by atoms with Crippen LogP contribution in [0.25, 0.3) is 11.5 Å². The second-order valence-corrected chi connectivity index (χ2v) is 11.8. The molecule has 1 heterocycles. The molecule has 5 rings (SSSR count). The predicted octanol–water partition coefficient (Wildman–Crippen LogP) is 6.33. The lowest BCUT2D eigenvalue weighted by Gasteiger charge is -2.30. The normalized spacial score (nSPS) is 12.2. The first-order chi connectivity index (χ1) is 23.2. The fraction of sp³-hybridized carbons (Fsp3) is 0.156. The summed E-state index contributed by atoms with van der Waals surface area (Å²) in [6.45, 7) is -1.27. The van der Waals surface area contributed by atoms with E-state index in [0.717, 1.165) is 28.9 Å². The monoisotopic (exact) mass is 720 g/mol. The van der Waals surface area contributed by atoms with Crippen molar-refractivity contribution in [3.8, 4) is 17.2 Å². The number of alkyl halides is 3. The van der Waals surface area contributed by atoms with Gasteiger partial charge < -0.3 is 28.4 Å². The molecular weight excluding hydrogens is 696 g/mol. The average Bonchev–Trinajstić information content (AvgIpc) is 3.43. The van der Waals surface area contributed by atoms with E-state index in [4.69, 9.17) is 34.8 Å². The van der Waals surface area contributed by atoms with E-state index < -0.39 is 57.0 Å². The van der Waals surface area contributed by atoms with Crippen LogP contribution in [0, 0.1) is 0 Å². The largest absolute Gasteiger partial charge is 0.474 e. The van der Waals surface area contributed by atoms with Crippen molar-refractivity contribution in [3.63, 3.8) is 0 Å². The standard InChI is InChI=1S/C32H25ClF3N2O10P/c33-26-15-16-27(24(17-26)18-38-30(40)47-28(37-38)23-11-13-25(14-12-23)31(34,35)36)46-29(39)32(48-49(41,42)43,44-19-21-7-3-1-4-8-21)45-20-22-9-5-2-6-10-22/h1-17H,18-20H2,(H2,41,42,43). The maximum Gasteiger partial charge on any atom is 0.474 e. The van der Waals surface area contributed by atoms with E-state index in [9.17, 15) is 37.1 Å². The van der Waals surface area contributed by atoms with Crippen LogP contribution in [0.15, 0.2) is 112 Å². The molecule has 1 aromatic heterocycles. The van der Waals surface area contributed by atoms with Crippen LogP contribution in [0.4, 0.5) is 13.2 Å². The van der Waals surface area contributed by atoms with E-state index in [2.05, 4.69) is 5.10 Å². The number of phosphoric ester groups is 1. The molecule has 0 unspecified atom stereocenters. The Kier molecular flexibility index (Phi) is 10.8. The number of ether oxygens (including phenoxy) is 3. The Morgan fingerprint density at radius 3 is 1.98 bits per heavy atom. The third-order valence-corrected chi connectivity index (χ3v) is 7.36. The Hall–Kier alpha value is -4.60. The van der Waals surface area contributed by atoms with E-state index in [1.54, 1.807) is 60.7 Å². The molecule has 256 valence electrons. The number of carbonyl (C=O) groups excluding carboxylic acids is 1. The molecule has 0 atom stereocenters. The summed E-state index contributed by atoms with van der Waals surface area (Å²) in [5, 5.41) is 4.17. The summed E-state index contributed by atoms with van der Waals surface area (Å²) in [7, 11) is -5.51. The van der Waals surface area contributed by atoms with Crippen LogP contribution in [0.1, 0.15) is 22.3 Å². The molecule has 0 amide bonds. The molecule has 49 heavy (non-hydrogen) atoms. The van der Waals surface area contributed by atoms with Crippen LogP contribution in [0.2, 0.25) is 5.02 Å². The van der Waals surface area contributed by atoms with Crippen molar-refractivity contribution in [2.45, 2.75) is 31.9 Å². The second-order valence-electron chi connectivity index (χ2n) is 10.2. The smallest absolute Gasteiger partial charge is 0.420 e. The Morgan fingerprint density at radius 2 is 1.45 bits per heavy atom. The van der Waals surface area contributed by atoms with Gasteiger partial charge in [0.05, 0.1) is 25.3 Å². The number of phosphoric acid groups is 1. The minimum absolute atomic E-state index is 0.0476. The van der Waals surface area contributed by atoms with E-state index >= 15 is 0 Å². The van der Waals surface area contributed by atoms with E-state index in [1.165, 1.54) is 18.2 Å². The number of hydrogen-bond donors (Lipinski definition) is 2. The SMILES string of the molecule is O=C(Oc1ccc(Cl)cc1Cn1nc(-c2ccc(C(F)(F)F)cc2)oc1=O)C(OCc1ccccc1)(OCc1ccccc1)OP(=O)(O)O. The highest BCUT2D eigenvalue weighted by Gasteiger charge is 2.51. The number of benzene rings is 4. The first-order valence-electron chi connectivity index (χ1n) is 14.1. The maximum absolute atomic E-state index is 13.8. The highest BCUT2D eigenvalue weighted by molar-refractivity contribution is 7.46. The first-order valence-corrected chi connectivity index (χ1v) is 16.0. The van der Waals surface area contributed by atoms with Crippen LogP contribution < -0.4 is 10.5 Å². The fourth-order valence-corrected chi connectivity index (χ4v) is 5.02. The topological polar surface area (TPSA) is 160 Å². The molecule has 12 nitrogen and oxygen atoms in total. The third-order valence-electron chi connectivity index (χ3n) is 6.64. The van der Waals surface area contributed by atoms with Gasteiger partial charge in [-0.2, -0.15) is 17.9 Å². The number of esters is 1. The average molecular weight is 721 g/mol. The van der Waals surface area contributed by atoms with Crippen molar-refractivity contribution >= 4 is 25.4 Å². The number of nitrogens with zero attached hydrogens (tertiary/aromatic N) is 2. The minimum Gasteiger partial charge on any atom is -0.420 e. The van der Waals surface area contributed by atoms with Crippen molar-refractivity contribution in [3.05, 3.63) is 141 Å². The Bertz CT molecular complexity index is 1960. The van der Waals surface area contributed by atoms with Crippen molar-refractivity contribution in [2.75, 3.05) is 0 Å². The quantitative estimate of drug-likeness (QED) is 0.0606. The molecule has 0 radical (unpaired) electrons. The van der Waals surface area contributed by atoms with Crippen LogP contribution in [-0.2, 0) is 49.3 Å². The van der Waals surface area contributed by atoms with Crippen LogP contribution in [0.3, 0.4) is 0 Å². The zero-order valence-electron chi connectivity index (χ0n) is 25.0. The Balaban J connectivity index is 1.46. The van der Waals surface area contributed by atoms with Gasteiger partial charge in [0.2, 0.25) is 5.89 Å². The van der Waals surface area contributed by atoms with E-state index in [0.29, 0.717) is 11.1 Å². The van der Waals surface area contributed by atoms with Gasteiger partial charge in [0.1, 0.15) is 5.75 Å². The number of aromatic nitrogens is 2. The summed E-state index contributed by atoms with van der Waals surface area (Å²) in [6, 6.07) is 24.2. The number of rotatable bonds is 13. The van der Waals surface area contributed by atoms with Gasteiger partial charge >= 0.3 is 31.7 Å². The van der Waals surface area contributed by atoms with Gasteiger partial charge in [0.15, 0.2) is 0 Å². The molecule has 0 fully saturated rings. The second kappa shape index (κ2) is 14.9. The van der Waals surface area contributed by atoms with Gasteiger partial charge in [-0.05, 0) is 53.6 Å². The van der Waals surface area contributed by atoms with Gasteiger partial charge in [0.25, 0.3) is 0 Å². The molecule has 5 aromatic rings. The zero-order valence-corrected chi connectivity index (χ0v) is 26.6. The van der Waals surface area contributed by atoms with Crippen LogP contribution in [-0.4, -0.2) is 31.5 Å². The van der Waals surface area contributed by atoms with Crippen molar-refractivity contribution < 1.29 is 55.5 Å². The molecule has 0 aliphatic carbocycles. The molecule has 0 saturated carbocycles. The summed E-state index contributed by atoms with van der Waals surface area (Å²) in [5.74, 6) is -6.24. The molecule has 17 heteroatoms. The van der Waals surface area contributed by atoms with Crippen LogP contribution >= 0.6 is 19.4 Å². The Labute approximate surface area is 280 Å². The lowest BCUT2D eigenvalue weighted by atomic mass is 10.1. The lowest BCUT2D eigenvalue weighted by molar-refractivity contribution is -0.341. The minimum atomic E-state index is -5.51. The summed E-state index contributed by atoms with van der Waals surface area (Å²) < 4.78 is 78.8. The fourth-order valence-electron chi connectivity index (χ4n) is 4.33. The van der Waals surface area contributed by atoms with Crippen molar-refractivity contribution in [1.29, 1.82) is 0 Å². The highest BCUT2D eigenvalue weighted by atomic mass is 35.5. The van der Waals surface area contributed by atoms with Crippen LogP contribution in [0.5, 0.6) is 5.75 Å². The summed E-state index contributed by atoms with van der Waals surface area (Å²) in [6.07, 6.45) is -4.58. The zero-order chi connectivity index (χ0) is 35.2. The molecule has 2 N–H and O–H groups in total. The van der Waals surface area contributed by atoms with Gasteiger partial charge in [-0.1, -0.05) is 72.3 Å². The summed E-state index contributed by atoms with van der Waals surface area (Å²) in [4.78, 5) is 46.2. The molecule has 0 aliphatic heterocycles. The molecule has 0 bridgehead atoms. The van der Waals surface area contributed by atoms with E-state index in [1.807, 2.05) is 0 Å². The summed E-state index contributed by atoms with van der Waals surface area (Å²) >= 11 is 6.18. The third kappa shape index (κ3) is 9.52. The number of halogens is 4. The number of carbonyl (C=O) groups is 1. The van der Waals surface area contributed by atoms with Gasteiger partial charge in [-0.25, -0.2) is 18.7 Å². The maximum atomic E-state index is 13.8. The molecule has 0 saturated heterocycles. The molecule has 0 aliphatic rings. The lowest BCUT2D eigenvalue weighted by Crippen LogP contribution is -2.48.